The summed E-state index contributed by atoms with van der Waals surface area (Å²) in [6, 6.07) is 12.8. The molecule has 0 atom stereocenters. The van der Waals surface area contributed by atoms with Crippen molar-refractivity contribution in [1.82, 2.24) is 9.21 Å². The number of carbonyl (C=O) groups is 1. The van der Waals surface area contributed by atoms with Gasteiger partial charge in [-0.1, -0.05) is 38.1 Å². The standard InChI is InChI=1S/C22H28N2O3S/c1-16(2)19-8-10-20(11-9-19)28(26,27)24-14-12-23(13-15-24)22(25)21-7-5-6-17(3)18(21)4/h5-11,16H,12-15H2,1-4H3. The molecule has 0 aromatic heterocycles. The Hall–Kier alpha value is -2.18. The van der Waals surface area contributed by atoms with Gasteiger partial charge in [-0.25, -0.2) is 8.42 Å². The van der Waals surface area contributed by atoms with Gasteiger partial charge in [-0.3, -0.25) is 4.79 Å². The van der Waals surface area contributed by atoms with Crippen LogP contribution in [0.25, 0.3) is 0 Å². The third kappa shape index (κ3) is 3.98. The van der Waals surface area contributed by atoms with Gasteiger partial charge in [0.05, 0.1) is 4.90 Å². The number of rotatable bonds is 4. The van der Waals surface area contributed by atoms with Crippen LogP contribution in [0.5, 0.6) is 0 Å². The molecule has 0 unspecified atom stereocenters. The zero-order chi connectivity index (χ0) is 20.5. The molecule has 2 aromatic rings. The highest BCUT2D eigenvalue weighted by Crippen LogP contribution is 2.22. The summed E-state index contributed by atoms with van der Waals surface area (Å²) in [7, 11) is -3.54. The second kappa shape index (κ2) is 8.05. The second-order valence-corrected chi connectivity index (χ2v) is 9.61. The van der Waals surface area contributed by atoms with Crippen molar-refractivity contribution in [2.24, 2.45) is 0 Å². The SMILES string of the molecule is Cc1cccc(C(=O)N2CCN(S(=O)(=O)c3ccc(C(C)C)cc3)CC2)c1C. The highest BCUT2D eigenvalue weighted by Gasteiger charge is 2.30. The normalized spacial score (nSPS) is 15.8. The maximum Gasteiger partial charge on any atom is 0.254 e. The predicted molar refractivity (Wildman–Crippen MR) is 111 cm³/mol. The fourth-order valence-corrected chi connectivity index (χ4v) is 4.88. The van der Waals surface area contributed by atoms with Gasteiger partial charge in [0.1, 0.15) is 0 Å². The molecule has 1 saturated heterocycles. The van der Waals surface area contributed by atoms with Crippen LogP contribution < -0.4 is 0 Å². The summed E-state index contributed by atoms with van der Waals surface area (Å²) in [6.45, 7) is 9.51. The highest BCUT2D eigenvalue weighted by molar-refractivity contribution is 7.89. The number of benzene rings is 2. The molecule has 0 saturated carbocycles. The van der Waals surface area contributed by atoms with Gasteiger partial charge in [-0.05, 0) is 54.7 Å². The molecule has 1 heterocycles. The lowest BCUT2D eigenvalue weighted by atomic mass is 10.0. The number of sulfonamides is 1. The van der Waals surface area contributed by atoms with Crippen molar-refractivity contribution in [3.8, 4) is 0 Å². The molecule has 150 valence electrons. The molecule has 5 nitrogen and oxygen atoms in total. The summed E-state index contributed by atoms with van der Waals surface area (Å²) >= 11 is 0. The lowest BCUT2D eigenvalue weighted by molar-refractivity contribution is 0.0697. The van der Waals surface area contributed by atoms with Crippen LogP contribution in [0.4, 0.5) is 0 Å². The number of hydrogen-bond acceptors (Lipinski definition) is 3. The summed E-state index contributed by atoms with van der Waals surface area (Å²) in [5, 5.41) is 0. The minimum absolute atomic E-state index is 0.0282. The van der Waals surface area contributed by atoms with E-state index >= 15 is 0 Å². The first-order valence-electron chi connectivity index (χ1n) is 9.67. The average molecular weight is 401 g/mol. The number of piperazine rings is 1. The Morgan fingerprint density at radius 2 is 1.54 bits per heavy atom. The third-order valence-corrected chi connectivity index (χ3v) is 7.46. The van der Waals surface area contributed by atoms with Crippen LogP contribution in [-0.2, 0) is 10.0 Å². The average Bonchev–Trinajstić information content (AvgIpc) is 2.69. The largest absolute Gasteiger partial charge is 0.336 e. The zero-order valence-electron chi connectivity index (χ0n) is 17.0. The molecule has 0 bridgehead atoms. The number of aryl methyl sites for hydroxylation is 1. The van der Waals surface area contributed by atoms with Gasteiger partial charge in [0, 0.05) is 31.7 Å². The van der Waals surface area contributed by atoms with Crippen molar-refractivity contribution in [3.63, 3.8) is 0 Å². The number of carbonyl (C=O) groups excluding carboxylic acids is 1. The van der Waals surface area contributed by atoms with E-state index in [4.69, 9.17) is 0 Å². The molecule has 1 fully saturated rings. The van der Waals surface area contributed by atoms with Gasteiger partial charge in [-0.2, -0.15) is 4.31 Å². The molecule has 0 aliphatic carbocycles. The number of amides is 1. The third-order valence-electron chi connectivity index (χ3n) is 5.55. The fraction of sp³-hybridized carbons (Fsp3) is 0.409. The van der Waals surface area contributed by atoms with E-state index in [1.54, 1.807) is 17.0 Å². The molecule has 1 aliphatic heterocycles. The first-order chi connectivity index (χ1) is 13.2. The summed E-state index contributed by atoms with van der Waals surface area (Å²) in [5.41, 5.74) is 3.87. The lowest BCUT2D eigenvalue weighted by Crippen LogP contribution is -2.50. The molecule has 1 amide bonds. The van der Waals surface area contributed by atoms with E-state index in [2.05, 4.69) is 13.8 Å². The van der Waals surface area contributed by atoms with Crippen LogP contribution >= 0.6 is 0 Å². The Morgan fingerprint density at radius 3 is 2.11 bits per heavy atom. The van der Waals surface area contributed by atoms with Gasteiger partial charge in [0.2, 0.25) is 10.0 Å². The van der Waals surface area contributed by atoms with Crippen LogP contribution in [0.2, 0.25) is 0 Å². The molecule has 0 radical (unpaired) electrons. The van der Waals surface area contributed by atoms with Crippen molar-refractivity contribution >= 4 is 15.9 Å². The van der Waals surface area contributed by atoms with Gasteiger partial charge in [-0.15, -0.1) is 0 Å². The van der Waals surface area contributed by atoms with Crippen LogP contribution in [0.3, 0.4) is 0 Å². The lowest BCUT2D eigenvalue weighted by Gasteiger charge is -2.34. The number of nitrogens with zero attached hydrogens (tertiary/aromatic N) is 2. The minimum atomic E-state index is -3.54. The van der Waals surface area contributed by atoms with E-state index in [1.165, 1.54) is 4.31 Å². The molecule has 28 heavy (non-hydrogen) atoms. The summed E-state index contributed by atoms with van der Waals surface area (Å²) in [5.74, 6) is 0.330. The van der Waals surface area contributed by atoms with E-state index in [9.17, 15) is 13.2 Å². The van der Waals surface area contributed by atoms with Gasteiger partial charge in [0.15, 0.2) is 0 Å². The fourth-order valence-electron chi connectivity index (χ4n) is 3.46. The smallest absolute Gasteiger partial charge is 0.254 e. The van der Waals surface area contributed by atoms with Crippen molar-refractivity contribution in [1.29, 1.82) is 0 Å². The zero-order valence-corrected chi connectivity index (χ0v) is 17.8. The van der Waals surface area contributed by atoms with Crippen molar-refractivity contribution in [2.45, 2.75) is 38.5 Å². The van der Waals surface area contributed by atoms with E-state index in [-0.39, 0.29) is 5.91 Å². The van der Waals surface area contributed by atoms with Crippen LogP contribution in [0.15, 0.2) is 47.4 Å². The molecule has 1 aliphatic rings. The van der Waals surface area contributed by atoms with Crippen LogP contribution in [0.1, 0.15) is 46.8 Å². The molecule has 0 N–H and O–H groups in total. The minimum Gasteiger partial charge on any atom is -0.336 e. The Kier molecular flexibility index (Phi) is 5.91. The molecular weight excluding hydrogens is 372 g/mol. The van der Waals surface area contributed by atoms with E-state index < -0.39 is 10.0 Å². The van der Waals surface area contributed by atoms with Crippen molar-refractivity contribution in [3.05, 3.63) is 64.7 Å². The topological polar surface area (TPSA) is 57.7 Å². The Morgan fingerprint density at radius 1 is 0.929 bits per heavy atom. The van der Waals surface area contributed by atoms with E-state index in [0.29, 0.717) is 42.6 Å². The van der Waals surface area contributed by atoms with E-state index in [1.807, 2.05) is 44.2 Å². The first-order valence-corrected chi connectivity index (χ1v) is 11.1. The first kappa shape index (κ1) is 20.6. The quantitative estimate of drug-likeness (QED) is 0.788. The Bertz CT molecular complexity index is 958. The molecule has 6 heteroatoms. The van der Waals surface area contributed by atoms with E-state index in [0.717, 1.165) is 16.7 Å². The van der Waals surface area contributed by atoms with Crippen LogP contribution in [-0.4, -0.2) is 49.7 Å². The highest BCUT2D eigenvalue weighted by atomic mass is 32.2. The van der Waals surface area contributed by atoms with Gasteiger partial charge < -0.3 is 4.90 Å². The maximum atomic E-state index is 12.9. The Labute approximate surface area is 168 Å². The Balaban J connectivity index is 1.70. The van der Waals surface area contributed by atoms with Crippen molar-refractivity contribution < 1.29 is 13.2 Å². The number of hydrogen-bond donors (Lipinski definition) is 0. The summed E-state index contributed by atoms with van der Waals surface area (Å²) in [4.78, 5) is 14.9. The molecule has 2 aromatic carbocycles. The second-order valence-electron chi connectivity index (χ2n) is 7.67. The van der Waals surface area contributed by atoms with Crippen LogP contribution in [0, 0.1) is 13.8 Å². The maximum absolute atomic E-state index is 12.9. The molecule has 0 spiro atoms. The summed E-state index contributed by atoms with van der Waals surface area (Å²) < 4.78 is 27.3. The molecular formula is C22H28N2O3S. The monoisotopic (exact) mass is 400 g/mol. The predicted octanol–water partition coefficient (Wildman–Crippen LogP) is 3.57. The van der Waals surface area contributed by atoms with Gasteiger partial charge in [0.25, 0.3) is 5.91 Å². The van der Waals surface area contributed by atoms with Crippen molar-refractivity contribution in [2.75, 3.05) is 26.2 Å². The molecule has 3 rings (SSSR count). The summed E-state index contributed by atoms with van der Waals surface area (Å²) in [6.07, 6.45) is 0. The van der Waals surface area contributed by atoms with Gasteiger partial charge >= 0.3 is 0 Å².